The Morgan fingerprint density at radius 3 is 2.14 bits per heavy atom. The normalized spacial score (nSPS) is 13.7. The van der Waals surface area contributed by atoms with Crippen LogP contribution < -0.4 is 9.47 Å². The molecule has 10 heteroatoms. The van der Waals surface area contributed by atoms with Crippen LogP contribution in [0, 0.1) is 10.1 Å². The smallest absolute Gasteiger partial charge is 0.270 e. The fourth-order valence-corrected chi connectivity index (χ4v) is 5.43. The maximum absolute atomic E-state index is 13.1. The molecule has 1 aliphatic heterocycles. The summed E-state index contributed by atoms with van der Waals surface area (Å²) in [6, 6.07) is 25.5. The highest BCUT2D eigenvalue weighted by Gasteiger charge is 2.25. The van der Waals surface area contributed by atoms with Crippen LogP contribution >= 0.6 is 0 Å². The van der Waals surface area contributed by atoms with Crippen molar-refractivity contribution in [3.63, 3.8) is 0 Å². The number of carbonyl (C=O) groups is 1. The zero-order chi connectivity index (χ0) is 29.9. The summed E-state index contributed by atoms with van der Waals surface area (Å²) in [5.74, 6) is 1.49. The minimum atomic E-state index is -0.383. The summed E-state index contributed by atoms with van der Waals surface area (Å²) in [7, 11) is 3.24. The number of rotatable bonds is 8. The molecule has 1 fully saturated rings. The van der Waals surface area contributed by atoms with Gasteiger partial charge in [-0.25, -0.2) is 4.98 Å². The van der Waals surface area contributed by atoms with E-state index in [4.69, 9.17) is 14.5 Å². The molecule has 5 aromatic rings. The minimum absolute atomic E-state index is 0.0117. The molecular formula is C33H31N5O5. The van der Waals surface area contributed by atoms with Gasteiger partial charge in [0.25, 0.3) is 11.6 Å². The Bertz CT molecular complexity index is 1770. The lowest BCUT2D eigenvalue weighted by Crippen LogP contribution is -2.48. The number of nitrogens with zero attached hydrogens (tertiary/aromatic N) is 5. The van der Waals surface area contributed by atoms with E-state index in [1.807, 2.05) is 53.6 Å². The number of benzene rings is 3. The van der Waals surface area contributed by atoms with Crippen molar-refractivity contribution >= 4 is 17.2 Å². The van der Waals surface area contributed by atoms with Crippen molar-refractivity contribution in [3.05, 3.63) is 112 Å². The molecule has 1 aliphatic rings. The first kappa shape index (κ1) is 27.9. The number of methoxy groups -OCH3 is 2. The number of hydrogen-bond donors (Lipinski definition) is 0. The number of imidazole rings is 1. The lowest BCUT2D eigenvalue weighted by atomic mass is 10.1. The van der Waals surface area contributed by atoms with Gasteiger partial charge < -0.3 is 18.8 Å². The van der Waals surface area contributed by atoms with Crippen LogP contribution in [-0.2, 0) is 6.54 Å². The largest absolute Gasteiger partial charge is 0.497 e. The SMILES string of the molecule is COc1ccc(C(=O)N2CCN(Cc3c(-c4ccc(OC)cc4)nc4ccc(-c5cccc([N+](=O)[O-])c5)cn34)CC2)cc1. The van der Waals surface area contributed by atoms with Crippen LogP contribution in [0.25, 0.3) is 28.0 Å². The monoisotopic (exact) mass is 577 g/mol. The third kappa shape index (κ3) is 5.77. The Morgan fingerprint density at radius 1 is 0.837 bits per heavy atom. The lowest BCUT2D eigenvalue weighted by molar-refractivity contribution is -0.384. The number of fused-ring (bicyclic) bond motifs is 1. The van der Waals surface area contributed by atoms with Gasteiger partial charge in [-0.2, -0.15) is 0 Å². The van der Waals surface area contributed by atoms with Gasteiger partial charge in [-0.05, 0) is 71.8 Å². The maximum Gasteiger partial charge on any atom is 0.270 e. The highest BCUT2D eigenvalue weighted by molar-refractivity contribution is 5.94. The van der Waals surface area contributed by atoms with Gasteiger partial charge in [0.1, 0.15) is 17.1 Å². The molecule has 0 spiro atoms. The molecule has 0 N–H and O–H groups in total. The average molecular weight is 578 g/mol. The van der Waals surface area contributed by atoms with Crippen LogP contribution in [0.5, 0.6) is 11.5 Å². The molecule has 0 radical (unpaired) electrons. The van der Waals surface area contributed by atoms with Crippen LogP contribution in [0.2, 0.25) is 0 Å². The van der Waals surface area contributed by atoms with Gasteiger partial charge >= 0.3 is 0 Å². The molecule has 0 bridgehead atoms. The summed E-state index contributed by atoms with van der Waals surface area (Å²) in [6.07, 6.45) is 1.99. The topological polar surface area (TPSA) is 102 Å². The summed E-state index contributed by atoms with van der Waals surface area (Å²) >= 11 is 0. The Kier molecular flexibility index (Phi) is 7.76. The third-order valence-corrected chi connectivity index (χ3v) is 7.84. The van der Waals surface area contributed by atoms with Crippen molar-refractivity contribution in [1.82, 2.24) is 19.2 Å². The second-order valence-electron chi connectivity index (χ2n) is 10.4. The van der Waals surface area contributed by atoms with E-state index in [1.54, 1.807) is 50.6 Å². The van der Waals surface area contributed by atoms with E-state index in [-0.39, 0.29) is 16.5 Å². The van der Waals surface area contributed by atoms with E-state index in [0.717, 1.165) is 45.2 Å². The number of piperazine rings is 1. The molecule has 3 aromatic carbocycles. The molecule has 1 saturated heterocycles. The van der Waals surface area contributed by atoms with E-state index in [2.05, 4.69) is 9.30 Å². The summed E-state index contributed by atoms with van der Waals surface area (Å²) in [5.41, 5.74) is 5.90. The van der Waals surface area contributed by atoms with Crippen LogP contribution in [0.3, 0.4) is 0 Å². The first-order valence-electron chi connectivity index (χ1n) is 14.0. The van der Waals surface area contributed by atoms with E-state index in [1.165, 1.54) is 6.07 Å². The highest BCUT2D eigenvalue weighted by atomic mass is 16.6. The van der Waals surface area contributed by atoms with Gasteiger partial charge in [0.2, 0.25) is 0 Å². The molecule has 10 nitrogen and oxygen atoms in total. The fraction of sp³-hybridized carbons (Fsp3) is 0.212. The molecule has 0 saturated carbocycles. The molecule has 0 atom stereocenters. The molecular weight excluding hydrogens is 546 g/mol. The minimum Gasteiger partial charge on any atom is -0.497 e. The van der Waals surface area contributed by atoms with Gasteiger partial charge in [0.15, 0.2) is 0 Å². The van der Waals surface area contributed by atoms with Crippen LogP contribution in [0.4, 0.5) is 5.69 Å². The number of nitro benzene ring substituents is 1. The lowest BCUT2D eigenvalue weighted by Gasteiger charge is -2.34. The van der Waals surface area contributed by atoms with Crippen LogP contribution in [-0.4, -0.2) is 70.4 Å². The number of nitro groups is 1. The first-order chi connectivity index (χ1) is 20.9. The van der Waals surface area contributed by atoms with Gasteiger partial charge in [0.05, 0.1) is 30.5 Å². The second kappa shape index (κ2) is 11.9. The van der Waals surface area contributed by atoms with Crippen molar-refractivity contribution in [2.24, 2.45) is 0 Å². The van der Waals surface area contributed by atoms with E-state index in [0.29, 0.717) is 38.3 Å². The average Bonchev–Trinajstić information content (AvgIpc) is 3.42. The zero-order valence-corrected chi connectivity index (χ0v) is 24.0. The summed E-state index contributed by atoms with van der Waals surface area (Å²) in [5, 5.41) is 11.4. The van der Waals surface area contributed by atoms with E-state index >= 15 is 0 Å². The van der Waals surface area contributed by atoms with Crippen molar-refractivity contribution in [1.29, 1.82) is 0 Å². The third-order valence-electron chi connectivity index (χ3n) is 7.84. The molecule has 6 rings (SSSR count). The number of ether oxygens (including phenoxy) is 2. The van der Waals surface area contributed by atoms with Gasteiger partial charge in [-0.15, -0.1) is 0 Å². The number of amides is 1. The van der Waals surface area contributed by atoms with E-state index in [9.17, 15) is 14.9 Å². The molecule has 0 unspecified atom stereocenters. The standard InChI is InChI=1S/C33H31N5O5/c1-42-28-11-6-23(7-12-28)32-30(22-35-16-18-36(19-17-35)33(39)24-8-13-29(43-2)14-9-24)37-21-26(10-15-31(37)34-32)25-4-3-5-27(20-25)38(40)41/h3-15,20-21H,16-19,22H2,1-2H3. The molecule has 3 heterocycles. The maximum atomic E-state index is 13.1. The van der Waals surface area contributed by atoms with Crippen molar-refractivity contribution in [3.8, 4) is 33.9 Å². The summed E-state index contributed by atoms with van der Waals surface area (Å²) < 4.78 is 12.6. The predicted octanol–water partition coefficient (Wildman–Crippen LogP) is 5.55. The zero-order valence-electron chi connectivity index (χ0n) is 24.0. The van der Waals surface area contributed by atoms with Crippen LogP contribution in [0.1, 0.15) is 16.1 Å². The number of non-ortho nitro benzene ring substituents is 1. The van der Waals surface area contributed by atoms with Crippen molar-refractivity contribution < 1.29 is 19.2 Å². The van der Waals surface area contributed by atoms with Gasteiger partial charge in [0, 0.05) is 62.2 Å². The fourth-order valence-electron chi connectivity index (χ4n) is 5.43. The molecule has 2 aromatic heterocycles. The number of carbonyl (C=O) groups excluding carboxylic acids is 1. The Labute approximate surface area is 248 Å². The van der Waals surface area contributed by atoms with Crippen molar-refractivity contribution in [2.45, 2.75) is 6.54 Å². The number of aromatic nitrogens is 2. The summed E-state index contributed by atoms with van der Waals surface area (Å²) in [6.45, 7) is 3.26. The Morgan fingerprint density at radius 2 is 1.49 bits per heavy atom. The van der Waals surface area contributed by atoms with Gasteiger partial charge in [-0.3, -0.25) is 19.8 Å². The Hall–Kier alpha value is -5.22. The number of pyridine rings is 1. The van der Waals surface area contributed by atoms with Gasteiger partial charge in [-0.1, -0.05) is 12.1 Å². The highest BCUT2D eigenvalue weighted by Crippen LogP contribution is 2.31. The molecule has 0 aliphatic carbocycles. The van der Waals surface area contributed by atoms with E-state index < -0.39 is 0 Å². The molecule has 43 heavy (non-hydrogen) atoms. The first-order valence-corrected chi connectivity index (χ1v) is 14.0. The Balaban J connectivity index is 1.29. The van der Waals surface area contributed by atoms with Crippen molar-refractivity contribution in [2.75, 3.05) is 40.4 Å². The number of hydrogen-bond acceptors (Lipinski definition) is 7. The summed E-state index contributed by atoms with van der Waals surface area (Å²) in [4.78, 5) is 33.3. The second-order valence-corrected chi connectivity index (χ2v) is 10.4. The molecule has 1 amide bonds. The predicted molar refractivity (Wildman–Crippen MR) is 163 cm³/mol. The quantitative estimate of drug-likeness (QED) is 0.176. The van der Waals surface area contributed by atoms with Crippen LogP contribution in [0.15, 0.2) is 91.1 Å². The molecule has 218 valence electrons.